The van der Waals surface area contributed by atoms with Gasteiger partial charge in [0.25, 0.3) is 0 Å². The van der Waals surface area contributed by atoms with Gasteiger partial charge in [-0.2, -0.15) is 0 Å². The summed E-state index contributed by atoms with van der Waals surface area (Å²) < 4.78 is 6.89. The van der Waals surface area contributed by atoms with Gasteiger partial charge in [-0.05, 0) is 53.1 Å². The van der Waals surface area contributed by atoms with Gasteiger partial charge in [0.15, 0.2) is 0 Å². The quantitative estimate of drug-likeness (QED) is 0.545. The molecule has 0 radical (unpaired) electrons. The first kappa shape index (κ1) is 13.8. The number of tetrazole rings is 1. The van der Waals surface area contributed by atoms with Gasteiger partial charge < -0.3 is 4.42 Å². The summed E-state index contributed by atoms with van der Waals surface area (Å²) >= 11 is 1.49. The van der Waals surface area contributed by atoms with E-state index in [0.717, 1.165) is 16.5 Å². The van der Waals surface area contributed by atoms with Crippen LogP contribution in [-0.2, 0) is 12.8 Å². The minimum Gasteiger partial charge on any atom is -0.423 e. The lowest BCUT2D eigenvalue weighted by atomic mass is 10.0. The summed E-state index contributed by atoms with van der Waals surface area (Å²) in [6.45, 7) is 4.05. The van der Waals surface area contributed by atoms with Crippen LogP contribution in [0.25, 0.3) is 11.0 Å². The third-order valence-electron chi connectivity index (χ3n) is 3.38. The number of rotatable bonds is 3. The van der Waals surface area contributed by atoms with E-state index in [1.165, 1.54) is 23.4 Å². The molecule has 0 aliphatic carbocycles. The molecule has 0 fully saturated rings. The second-order valence-corrected chi connectivity index (χ2v) is 5.84. The number of fused-ring (bicyclic) bond motifs is 1. The summed E-state index contributed by atoms with van der Waals surface area (Å²) in [4.78, 5) is 11.7. The summed E-state index contributed by atoms with van der Waals surface area (Å²) in [6, 6.07) is 5.50. The molecule has 0 saturated carbocycles. The first-order valence-electron chi connectivity index (χ1n) is 6.44. The highest BCUT2D eigenvalue weighted by molar-refractivity contribution is 7.98. The van der Waals surface area contributed by atoms with E-state index in [4.69, 9.17) is 4.42 Å². The van der Waals surface area contributed by atoms with Crippen molar-refractivity contribution in [2.75, 3.05) is 0 Å². The Bertz CT molecular complexity index is 869. The van der Waals surface area contributed by atoms with Gasteiger partial charge in [-0.3, -0.25) is 0 Å². The van der Waals surface area contributed by atoms with E-state index in [2.05, 4.69) is 21.6 Å². The molecule has 3 aromatic rings. The summed E-state index contributed by atoms with van der Waals surface area (Å²) in [5, 5.41) is 13.0. The molecule has 0 N–H and O–H groups in total. The van der Waals surface area contributed by atoms with Crippen molar-refractivity contribution in [3.05, 3.63) is 45.3 Å². The Morgan fingerprint density at radius 1 is 1.24 bits per heavy atom. The van der Waals surface area contributed by atoms with Crippen LogP contribution < -0.4 is 5.63 Å². The largest absolute Gasteiger partial charge is 0.423 e. The topological polar surface area (TPSA) is 73.8 Å². The molecule has 108 valence electrons. The third kappa shape index (κ3) is 2.69. The van der Waals surface area contributed by atoms with E-state index in [1.807, 2.05) is 19.9 Å². The van der Waals surface area contributed by atoms with Crippen molar-refractivity contribution in [2.45, 2.75) is 24.8 Å². The van der Waals surface area contributed by atoms with Crippen LogP contribution in [0.3, 0.4) is 0 Å². The first-order valence-corrected chi connectivity index (χ1v) is 7.42. The number of hydrogen-bond acceptors (Lipinski definition) is 6. The Kier molecular flexibility index (Phi) is 3.50. The van der Waals surface area contributed by atoms with E-state index in [1.54, 1.807) is 11.7 Å². The van der Waals surface area contributed by atoms with E-state index < -0.39 is 0 Å². The van der Waals surface area contributed by atoms with E-state index in [9.17, 15) is 4.79 Å². The average molecular weight is 302 g/mol. The molecule has 2 aromatic heterocycles. The lowest BCUT2D eigenvalue weighted by Gasteiger charge is -2.07. The fourth-order valence-electron chi connectivity index (χ4n) is 2.09. The van der Waals surface area contributed by atoms with Gasteiger partial charge in [0.1, 0.15) is 5.58 Å². The molecule has 6 nitrogen and oxygen atoms in total. The number of nitrogens with zero attached hydrogens (tertiary/aromatic N) is 4. The average Bonchev–Trinajstić information content (AvgIpc) is 2.83. The highest BCUT2D eigenvalue weighted by Gasteiger charge is 2.10. The van der Waals surface area contributed by atoms with Crippen LogP contribution in [-0.4, -0.2) is 20.2 Å². The van der Waals surface area contributed by atoms with Crippen LogP contribution in [0.1, 0.15) is 16.7 Å². The van der Waals surface area contributed by atoms with Crippen LogP contribution in [0.2, 0.25) is 0 Å². The third-order valence-corrected chi connectivity index (χ3v) is 4.44. The zero-order valence-electron chi connectivity index (χ0n) is 12.0. The van der Waals surface area contributed by atoms with Gasteiger partial charge >= 0.3 is 5.63 Å². The fourth-order valence-corrected chi connectivity index (χ4v) is 2.93. The van der Waals surface area contributed by atoms with Crippen molar-refractivity contribution < 1.29 is 4.42 Å². The molecule has 21 heavy (non-hydrogen) atoms. The van der Waals surface area contributed by atoms with Crippen molar-refractivity contribution >= 4 is 22.7 Å². The van der Waals surface area contributed by atoms with Gasteiger partial charge in [-0.25, -0.2) is 9.48 Å². The number of thioether (sulfide) groups is 1. The van der Waals surface area contributed by atoms with E-state index in [-0.39, 0.29) is 5.63 Å². The molecule has 0 aliphatic heterocycles. The minimum absolute atomic E-state index is 0.336. The van der Waals surface area contributed by atoms with E-state index in [0.29, 0.717) is 16.5 Å². The van der Waals surface area contributed by atoms with Crippen LogP contribution in [0, 0.1) is 13.8 Å². The second kappa shape index (κ2) is 5.33. The Labute approximate surface area is 125 Å². The molecule has 0 amide bonds. The predicted molar refractivity (Wildman–Crippen MR) is 80.3 cm³/mol. The number of benzene rings is 1. The molecule has 3 rings (SSSR count). The van der Waals surface area contributed by atoms with Gasteiger partial charge in [-0.1, -0.05) is 11.8 Å². The normalized spacial score (nSPS) is 11.2. The summed E-state index contributed by atoms with van der Waals surface area (Å²) in [6.07, 6.45) is 0. The Balaban J connectivity index is 2.03. The summed E-state index contributed by atoms with van der Waals surface area (Å²) in [5.74, 6) is 0.610. The van der Waals surface area contributed by atoms with Crippen LogP contribution in [0.5, 0.6) is 0 Å². The van der Waals surface area contributed by atoms with Gasteiger partial charge in [0, 0.05) is 24.3 Å². The molecule has 7 heteroatoms. The lowest BCUT2D eigenvalue weighted by Crippen LogP contribution is -2.01. The van der Waals surface area contributed by atoms with Crippen molar-refractivity contribution in [3.8, 4) is 0 Å². The molecular weight excluding hydrogens is 288 g/mol. The standard InChI is InChI=1S/C14H14N4O2S/c1-8-4-11-10(7-21-14-15-16-17-18(14)3)6-13(19)20-12(11)5-9(8)2/h4-6H,7H2,1-3H3. The molecular formula is C14H14N4O2S. The zero-order valence-corrected chi connectivity index (χ0v) is 12.8. The van der Waals surface area contributed by atoms with Crippen LogP contribution >= 0.6 is 11.8 Å². The molecule has 0 spiro atoms. The van der Waals surface area contributed by atoms with Crippen molar-refractivity contribution in [1.29, 1.82) is 0 Å². The Morgan fingerprint density at radius 3 is 2.71 bits per heavy atom. The molecule has 0 atom stereocenters. The predicted octanol–water partition coefficient (Wildman–Crippen LogP) is 2.23. The van der Waals surface area contributed by atoms with Gasteiger partial charge in [-0.15, -0.1) is 5.10 Å². The summed E-state index contributed by atoms with van der Waals surface area (Å²) in [5.41, 5.74) is 3.49. The van der Waals surface area contributed by atoms with Crippen LogP contribution in [0.4, 0.5) is 0 Å². The first-order chi connectivity index (χ1) is 10.0. The maximum Gasteiger partial charge on any atom is 0.336 e. The Hall–Kier alpha value is -2.15. The molecule has 2 heterocycles. The molecule has 1 aromatic carbocycles. The Morgan fingerprint density at radius 2 is 2.00 bits per heavy atom. The van der Waals surface area contributed by atoms with Crippen molar-refractivity contribution in [3.63, 3.8) is 0 Å². The monoisotopic (exact) mass is 302 g/mol. The maximum absolute atomic E-state index is 11.7. The number of aryl methyl sites for hydroxylation is 3. The maximum atomic E-state index is 11.7. The smallest absolute Gasteiger partial charge is 0.336 e. The lowest BCUT2D eigenvalue weighted by molar-refractivity contribution is 0.559. The van der Waals surface area contributed by atoms with Crippen molar-refractivity contribution in [2.24, 2.45) is 7.05 Å². The summed E-state index contributed by atoms with van der Waals surface area (Å²) in [7, 11) is 1.79. The molecule has 0 saturated heterocycles. The molecule has 0 bridgehead atoms. The highest BCUT2D eigenvalue weighted by Crippen LogP contribution is 2.26. The molecule has 0 unspecified atom stereocenters. The SMILES string of the molecule is Cc1cc2oc(=O)cc(CSc3nnnn3C)c2cc1C. The van der Waals surface area contributed by atoms with Crippen LogP contribution in [0.15, 0.2) is 32.6 Å². The van der Waals surface area contributed by atoms with Crippen molar-refractivity contribution in [1.82, 2.24) is 20.2 Å². The fraction of sp³-hybridized carbons (Fsp3) is 0.286. The van der Waals surface area contributed by atoms with Gasteiger partial charge in [0.05, 0.1) is 0 Å². The second-order valence-electron chi connectivity index (χ2n) is 4.90. The zero-order chi connectivity index (χ0) is 15.0. The van der Waals surface area contributed by atoms with E-state index >= 15 is 0 Å². The number of hydrogen-bond donors (Lipinski definition) is 0. The minimum atomic E-state index is -0.336. The van der Waals surface area contributed by atoms with Gasteiger partial charge in [0.2, 0.25) is 5.16 Å². The number of aromatic nitrogens is 4. The highest BCUT2D eigenvalue weighted by atomic mass is 32.2. The molecule has 0 aliphatic rings.